The summed E-state index contributed by atoms with van der Waals surface area (Å²) in [5.41, 5.74) is 20.1. The highest BCUT2D eigenvalue weighted by molar-refractivity contribution is 6.64. The van der Waals surface area contributed by atoms with Crippen molar-refractivity contribution in [2.24, 2.45) is 0 Å². The summed E-state index contributed by atoms with van der Waals surface area (Å²) >= 11 is 31.4. The molecule has 21 aromatic carbocycles. The maximum atomic E-state index is 12.3. The third-order valence-corrected chi connectivity index (χ3v) is 29.9. The van der Waals surface area contributed by atoms with Crippen LogP contribution < -0.4 is 10.9 Å². The first-order valence-corrected chi connectivity index (χ1v) is 49.8. The van der Waals surface area contributed by atoms with Gasteiger partial charge in [-0.05, 0) is 224 Å². The molecule has 1 heterocycles. The molecule has 0 bridgehead atoms. The normalized spacial score (nSPS) is 13.4. The molecular formula is C129H99B2Cl5O9. The Morgan fingerprint density at radius 1 is 0.310 bits per heavy atom. The van der Waals surface area contributed by atoms with E-state index in [2.05, 4.69) is 287 Å². The molecule has 0 atom stereocenters. The second-order valence-corrected chi connectivity index (χ2v) is 38.9. The molecule has 9 nitrogen and oxygen atoms in total. The van der Waals surface area contributed by atoms with Crippen molar-refractivity contribution >= 4 is 149 Å². The maximum absolute atomic E-state index is 12.3. The molecule has 0 aromatic heterocycles. The van der Waals surface area contributed by atoms with Crippen molar-refractivity contribution in [2.45, 2.75) is 55.3 Å². The molecule has 0 unspecified atom stereocenters. The Hall–Kier alpha value is -14.8. The number of carbonyl (C=O) groups excluding carboxylic acids is 2. The largest absolute Gasteiger partial charge is 0.495 e. The lowest BCUT2D eigenvalue weighted by Gasteiger charge is -2.34. The fourth-order valence-corrected chi connectivity index (χ4v) is 21.9. The van der Waals surface area contributed by atoms with Crippen LogP contribution in [0.2, 0.25) is 25.1 Å². The van der Waals surface area contributed by atoms with E-state index >= 15 is 0 Å². The van der Waals surface area contributed by atoms with E-state index < -0.39 is 47.8 Å². The van der Waals surface area contributed by atoms with Crippen molar-refractivity contribution in [2.75, 3.05) is 14.2 Å². The van der Waals surface area contributed by atoms with E-state index in [-0.39, 0.29) is 16.6 Å². The summed E-state index contributed by atoms with van der Waals surface area (Å²) < 4.78 is 22.6. The minimum atomic E-state index is -1.38. The molecule has 0 amide bonds. The second-order valence-electron chi connectivity index (χ2n) is 36.9. The fraction of sp³-hybridized carbons (Fsp3) is 0.0853. The number of halogens is 5. The van der Waals surface area contributed by atoms with Crippen LogP contribution in [-0.2, 0) is 35.2 Å². The summed E-state index contributed by atoms with van der Waals surface area (Å²) in [6.45, 7) is 8.48. The van der Waals surface area contributed by atoms with E-state index in [1.165, 1.54) is 102 Å². The molecule has 16 heteroatoms. The summed E-state index contributed by atoms with van der Waals surface area (Å²) in [6, 6.07) is 160. The van der Waals surface area contributed by atoms with Crippen molar-refractivity contribution in [3.8, 4) is 44.5 Å². The molecule has 145 heavy (non-hydrogen) atoms. The van der Waals surface area contributed by atoms with Gasteiger partial charge in [0, 0.05) is 37.3 Å². The minimum Gasteiger partial charge on any atom is -0.465 e. The standard InChI is InChI=1S/C35H31BO2.C29H21ClO.C29H19Cl.C18H13ClO2.C10H9BO2.C8H6Cl2O2/c1-33(2)34(3,4)38-36(37-33)30-21-13-20-29-31(30)28-23-22-24-14-11-12-19-27(24)32(28)35(29,25-15-7-5-8-16-25)26-17-9-6-10-18-26;30-27-17-9-16-26(28(27)23-19-18-21-10-7-8-11-22(21)20-23)29(31,24-12-3-1-4-13-24)25-14-5-2-6-15-25;30-26-17-9-16-25-27(26)24-19-18-20-10-7-8-15-23(20)28(24)29(25,21-11-3-1-4-12-21)22-13-5-2-6-14-22;1-21-18(20)15-7-4-8-16(19)17(15)14-10-9-12-5-2-3-6-13(12)11-14;12-11(13)10-6-5-8-3-1-2-4-9(8)7-10;1-12-8(11)5-3-2-4-6(9)7(5)10/h5-23H,1-4H3;1-20,31H;1-19H;2-11H,1H3;1-7,12-13H;2-4H,1H3. The highest BCUT2D eigenvalue weighted by Gasteiger charge is 2.56. The van der Waals surface area contributed by atoms with E-state index in [0.29, 0.717) is 31.7 Å². The molecular weight excluding hydrogens is 1890 g/mol. The van der Waals surface area contributed by atoms with Crippen LogP contribution in [0.4, 0.5) is 0 Å². The number of fused-ring (bicyclic) bond motifs is 13. The predicted molar refractivity (Wildman–Crippen MR) is 600 cm³/mol. The number of hydrogen-bond donors (Lipinski definition) is 3. The zero-order valence-corrected chi connectivity index (χ0v) is 84.1. The fourth-order valence-electron chi connectivity index (χ4n) is 20.7. The number of benzene rings is 21. The van der Waals surface area contributed by atoms with Gasteiger partial charge in [-0.1, -0.05) is 483 Å². The third kappa shape index (κ3) is 19.0. The predicted octanol–water partition coefficient (Wildman–Crippen LogP) is 31.0. The zero-order valence-electron chi connectivity index (χ0n) is 80.4. The van der Waals surface area contributed by atoms with Crippen molar-refractivity contribution in [3.05, 3.63) is 571 Å². The van der Waals surface area contributed by atoms with Crippen LogP contribution in [0.1, 0.15) is 110 Å². The molecule has 0 spiro atoms. The van der Waals surface area contributed by atoms with Crippen molar-refractivity contribution < 1.29 is 43.5 Å². The van der Waals surface area contributed by atoms with Crippen molar-refractivity contribution in [1.82, 2.24) is 0 Å². The average molecular weight is 1990 g/mol. The summed E-state index contributed by atoms with van der Waals surface area (Å²) in [6.07, 6.45) is 0. The Labute approximate surface area is 870 Å². The topological polar surface area (TPSA) is 132 Å². The molecule has 24 rings (SSSR count). The molecule has 2 aliphatic carbocycles. The van der Waals surface area contributed by atoms with Crippen molar-refractivity contribution in [1.29, 1.82) is 0 Å². The van der Waals surface area contributed by atoms with Crippen LogP contribution in [0.5, 0.6) is 0 Å². The van der Waals surface area contributed by atoms with Gasteiger partial charge < -0.3 is 33.9 Å². The Morgan fingerprint density at radius 3 is 1.09 bits per heavy atom. The van der Waals surface area contributed by atoms with Crippen LogP contribution in [0.25, 0.3) is 98.4 Å². The van der Waals surface area contributed by atoms with Crippen LogP contribution in [0.15, 0.2) is 473 Å². The lowest BCUT2D eigenvalue weighted by Crippen LogP contribution is -2.41. The van der Waals surface area contributed by atoms with Gasteiger partial charge in [-0.15, -0.1) is 0 Å². The van der Waals surface area contributed by atoms with E-state index in [1.807, 2.05) is 170 Å². The Bertz CT molecular complexity index is 8210. The van der Waals surface area contributed by atoms with Gasteiger partial charge in [-0.3, -0.25) is 0 Å². The van der Waals surface area contributed by atoms with Crippen LogP contribution in [-0.4, -0.2) is 66.8 Å². The number of rotatable bonds is 13. The van der Waals surface area contributed by atoms with Gasteiger partial charge in [-0.2, -0.15) is 0 Å². The van der Waals surface area contributed by atoms with Gasteiger partial charge in [0.2, 0.25) is 0 Å². The first-order chi connectivity index (χ1) is 70.5. The number of esters is 2. The van der Waals surface area contributed by atoms with E-state index in [1.54, 1.807) is 48.5 Å². The molecule has 710 valence electrons. The summed E-state index contributed by atoms with van der Waals surface area (Å²) in [4.78, 5) is 23.0. The first-order valence-electron chi connectivity index (χ1n) is 47.9. The molecule has 21 aromatic rings. The lowest BCUT2D eigenvalue weighted by atomic mass is 9.66. The average Bonchev–Trinajstić information content (AvgIpc) is 1.51. The van der Waals surface area contributed by atoms with Crippen LogP contribution in [0.3, 0.4) is 0 Å². The van der Waals surface area contributed by atoms with E-state index in [0.717, 1.165) is 76.4 Å². The number of aliphatic hydroxyl groups is 1. The molecule has 3 N–H and O–H groups in total. The van der Waals surface area contributed by atoms with Crippen LogP contribution >= 0.6 is 58.0 Å². The lowest BCUT2D eigenvalue weighted by molar-refractivity contribution is 0.00578. The van der Waals surface area contributed by atoms with E-state index in [4.69, 9.17) is 82.1 Å². The van der Waals surface area contributed by atoms with Gasteiger partial charge in [0.25, 0.3) is 0 Å². The number of ether oxygens (including phenoxy) is 2. The molecule has 1 fully saturated rings. The maximum Gasteiger partial charge on any atom is 0.495 e. The highest BCUT2D eigenvalue weighted by Crippen LogP contribution is 2.61. The summed E-state index contributed by atoms with van der Waals surface area (Å²) in [7, 11) is 0.827. The molecule has 3 aliphatic rings. The van der Waals surface area contributed by atoms with Gasteiger partial charge in [0.1, 0.15) is 5.60 Å². The quantitative estimate of drug-likeness (QED) is 0.0586. The monoisotopic (exact) mass is 1990 g/mol. The first kappa shape index (κ1) is 99.0. The second kappa shape index (κ2) is 42.6. The van der Waals surface area contributed by atoms with Crippen LogP contribution in [0, 0.1) is 0 Å². The smallest absolute Gasteiger partial charge is 0.465 e. The van der Waals surface area contributed by atoms with Crippen molar-refractivity contribution in [3.63, 3.8) is 0 Å². The molecule has 1 aliphatic heterocycles. The highest BCUT2D eigenvalue weighted by atomic mass is 35.5. The molecule has 1 saturated heterocycles. The third-order valence-electron chi connectivity index (χ3n) is 28.1. The van der Waals surface area contributed by atoms with E-state index in [9.17, 15) is 14.7 Å². The Balaban J connectivity index is 0.000000114. The molecule has 0 saturated carbocycles. The number of hydrogen-bond acceptors (Lipinski definition) is 9. The number of methoxy groups -OCH3 is 2. The zero-order chi connectivity index (χ0) is 101. The van der Waals surface area contributed by atoms with Gasteiger partial charge in [-0.25, -0.2) is 9.59 Å². The summed E-state index contributed by atoms with van der Waals surface area (Å²) in [5.74, 6) is -0.872. The minimum absolute atomic E-state index is 0.228. The van der Waals surface area contributed by atoms with Gasteiger partial charge in [0.15, 0.2) is 0 Å². The Kier molecular flexibility index (Phi) is 29.1. The summed E-state index contributed by atoms with van der Waals surface area (Å²) in [5, 5.41) is 44.5. The molecule has 0 radical (unpaired) electrons. The SMILES string of the molecule is CC1(C)OB(c2cccc3c2-c2ccc4ccccc4c2C3(c2ccccc2)c2ccccc2)OC1(C)C.COC(=O)c1cccc(Cl)c1-c1ccc2ccccc2c1.COC(=O)c1cccc(Cl)c1Cl.Clc1cccc2c1-c1ccc3ccccc3c1C2(c1ccccc1)c1ccccc1.OB(O)c1ccc2ccccc2c1.OC(c1ccccc1)(c1ccccc1)c1cccc(Cl)c1-c1ccc2ccccc2c1. The van der Waals surface area contributed by atoms with Gasteiger partial charge >= 0.3 is 26.2 Å². The number of carbonyl (C=O) groups is 2. The van der Waals surface area contributed by atoms with Gasteiger partial charge in [0.05, 0.1) is 57.4 Å². The Morgan fingerprint density at radius 2 is 0.641 bits per heavy atom.